The fourth-order valence-electron chi connectivity index (χ4n) is 6.20. The zero-order valence-electron chi connectivity index (χ0n) is 24.1. The summed E-state index contributed by atoms with van der Waals surface area (Å²) in [5, 5.41) is 7.56. The van der Waals surface area contributed by atoms with Crippen LogP contribution in [-0.2, 0) is 0 Å². The summed E-state index contributed by atoms with van der Waals surface area (Å²) in [5.41, 5.74) is 6.03. The number of benzene rings is 7. The molecule has 7 aromatic rings. The highest BCUT2D eigenvalue weighted by Crippen LogP contribution is 2.38. The molecule has 0 heterocycles. The lowest BCUT2D eigenvalue weighted by Gasteiger charge is -2.23. The number of hydrogen-bond acceptors (Lipinski definition) is 1. The first-order valence-corrected chi connectivity index (χ1v) is 14.9. The highest BCUT2D eigenvalue weighted by Gasteiger charge is 2.13. The molecule has 43 heavy (non-hydrogen) atoms. The maximum Gasteiger partial charge on any atom is 0.0533 e. The van der Waals surface area contributed by atoms with Crippen molar-refractivity contribution in [3.63, 3.8) is 0 Å². The van der Waals surface area contributed by atoms with Crippen molar-refractivity contribution in [2.45, 2.75) is 12.3 Å². The predicted octanol–water partition coefficient (Wildman–Crippen LogP) is 11.8. The molecule has 0 saturated carbocycles. The van der Waals surface area contributed by atoms with E-state index in [0.29, 0.717) is 0 Å². The van der Waals surface area contributed by atoms with Crippen molar-refractivity contribution in [1.29, 1.82) is 0 Å². The molecular weight excluding hydrogens is 518 g/mol. The van der Waals surface area contributed by atoms with Gasteiger partial charge in [0.15, 0.2) is 0 Å². The Balaban J connectivity index is 1.29. The second-order valence-electron chi connectivity index (χ2n) is 11.0. The van der Waals surface area contributed by atoms with Crippen LogP contribution < -0.4 is 4.90 Å². The van der Waals surface area contributed by atoms with Gasteiger partial charge in [0, 0.05) is 23.2 Å². The summed E-state index contributed by atoms with van der Waals surface area (Å²) in [7, 11) is 0. The Labute approximate surface area is 253 Å². The third kappa shape index (κ3) is 5.22. The van der Waals surface area contributed by atoms with Gasteiger partial charge in [-0.1, -0.05) is 140 Å². The first-order valence-electron chi connectivity index (χ1n) is 14.9. The largest absolute Gasteiger partial charge is 0.317 e. The number of nitrogens with zero attached hydrogens (tertiary/aromatic N) is 1. The number of anilines is 2. The first-order chi connectivity index (χ1) is 21.3. The summed E-state index contributed by atoms with van der Waals surface area (Å²) in [6, 6.07) is 54.5. The molecule has 0 spiro atoms. The Morgan fingerprint density at radius 3 is 1.95 bits per heavy atom. The molecule has 1 heteroatoms. The van der Waals surface area contributed by atoms with Gasteiger partial charge >= 0.3 is 0 Å². The van der Waals surface area contributed by atoms with Gasteiger partial charge in [0.1, 0.15) is 0 Å². The lowest BCUT2D eigenvalue weighted by molar-refractivity contribution is 0.863. The van der Waals surface area contributed by atoms with E-state index in [1.165, 1.54) is 49.0 Å². The smallest absolute Gasteiger partial charge is 0.0533 e. The van der Waals surface area contributed by atoms with E-state index >= 15 is 0 Å². The molecule has 0 aliphatic rings. The lowest BCUT2D eigenvalue weighted by Crippen LogP contribution is -2.09. The van der Waals surface area contributed by atoms with Crippen LogP contribution in [-0.4, -0.2) is 0 Å². The predicted molar refractivity (Wildman–Crippen MR) is 186 cm³/mol. The maximum absolute atomic E-state index is 4.12. The summed E-state index contributed by atoms with van der Waals surface area (Å²) >= 11 is 0. The molecule has 7 rings (SSSR count). The minimum Gasteiger partial charge on any atom is -0.317 e. The van der Waals surface area contributed by atoms with Crippen molar-refractivity contribution in [1.82, 2.24) is 0 Å². The Morgan fingerprint density at radius 2 is 1.19 bits per heavy atom. The molecule has 0 radical (unpaired) electrons. The van der Waals surface area contributed by atoms with Crippen LogP contribution in [0.15, 0.2) is 177 Å². The highest BCUT2D eigenvalue weighted by atomic mass is 15.1. The summed E-state index contributed by atoms with van der Waals surface area (Å²) in [5.74, 6) is 0.260. The highest BCUT2D eigenvalue weighted by molar-refractivity contribution is 6.13. The van der Waals surface area contributed by atoms with Crippen LogP contribution in [0.1, 0.15) is 17.9 Å². The van der Waals surface area contributed by atoms with Crippen molar-refractivity contribution in [3.05, 3.63) is 182 Å². The second kappa shape index (κ2) is 11.8. The van der Waals surface area contributed by atoms with Crippen molar-refractivity contribution in [2.75, 3.05) is 4.90 Å². The number of fused-ring (bicyclic) bond motifs is 4. The monoisotopic (exact) mass is 551 g/mol. The maximum atomic E-state index is 4.12. The zero-order valence-corrected chi connectivity index (χ0v) is 24.1. The molecule has 0 fully saturated rings. The van der Waals surface area contributed by atoms with Gasteiger partial charge in [-0.15, -0.1) is 6.58 Å². The average Bonchev–Trinajstić information content (AvgIpc) is 3.08. The zero-order chi connectivity index (χ0) is 29.0. The van der Waals surface area contributed by atoms with Gasteiger partial charge in [-0.05, 0) is 74.3 Å². The summed E-state index contributed by atoms with van der Waals surface area (Å²) in [4.78, 5) is 2.32. The minimum absolute atomic E-state index is 0.260. The minimum atomic E-state index is 0.260. The van der Waals surface area contributed by atoms with Crippen molar-refractivity contribution >= 4 is 43.7 Å². The van der Waals surface area contributed by atoms with Crippen LogP contribution in [0.5, 0.6) is 0 Å². The summed E-state index contributed by atoms with van der Waals surface area (Å²) < 4.78 is 0. The lowest BCUT2D eigenvalue weighted by atomic mass is 9.93. The molecule has 0 aromatic heterocycles. The SMILES string of the molecule is C=CC(C/C=C/N(c1ccc(-c2cc3ccccc3c3ccccc23)cc1)c1cccc2ccccc12)c1ccccc1. The van der Waals surface area contributed by atoms with Gasteiger partial charge in [0.2, 0.25) is 0 Å². The van der Waals surface area contributed by atoms with Crippen LogP contribution in [0.3, 0.4) is 0 Å². The van der Waals surface area contributed by atoms with E-state index in [-0.39, 0.29) is 5.92 Å². The molecule has 1 unspecified atom stereocenters. The molecule has 1 nitrogen and oxygen atoms in total. The first kappa shape index (κ1) is 26.5. The van der Waals surface area contributed by atoms with Crippen molar-refractivity contribution in [2.24, 2.45) is 0 Å². The van der Waals surface area contributed by atoms with E-state index < -0.39 is 0 Å². The molecule has 0 amide bonds. The fourth-order valence-corrected chi connectivity index (χ4v) is 6.20. The normalized spacial score (nSPS) is 12.2. The van der Waals surface area contributed by atoms with Gasteiger partial charge < -0.3 is 4.90 Å². The van der Waals surface area contributed by atoms with E-state index in [9.17, 15) is 0 Å². The van der Waals surface area contributed by atoms with Gasteiger partial charge in [0.25, 0.3) is 0 Å². The molecule has 0 aliphatic heterocycles. The molecule has 1 atom stereocenters. The average molecular weight is 552 g/mol. The van der Waals surface area contributed by atoms with Crippen molar-refractivity contribution in [3.8, 4) is 11.1 Å². The Morgan fingerprint density at radius 1 is 0.558 bits per heavy atom. The fraction of sp³-hybridized carbons (Fsp3) is 0.0476. The Bertz CT molecular complexity index is 2060. The van der Waals surface area contributed by atoms with Gasteiger partial charge in [-0.2, -0.15) is 0 Å². The van der Waals surface area contributed by atoms with Gasteiger partial charge in [-0.25, -0.2) is 0 Å². The summed E-state index contributed by atoms with van der Waals surface area (Å²) in [6.45, 7) is 4.12. The van der Waals surface area contributed by atoms with Crippen LogP contribution in [0.25, 0.3) is 43.4 Å². The molecule has 0 saturated heterocycles. The number of rotatable bonds is 8. The van der Waals surface area contributed by atoms with Gasteiger partial charge in [0.05, 0.1) is 5.69 Å². The third-order valence-electron chi connectivity index (χ3n) is 8.41. The van der Waals surface area contributed by atoms with Crippen molar-refractivity contribution < 1.29 is 0 Å². The van der Waals surface area contributed by atoms with Crippen LogP contribution >= 0.6 is 0 Å². The molecule has 206 valence electrons. The molecule has 0 aliphatic carbocycles. The number of allylic oxidation sites excluding steroid dienone is 2. The van der Waals surface area contributed by atoms with E-state index in [4.69, 9.17) is 0 Å². The van der Waals surface area contributed by atoms with E-state index in [1.54, 1.807) is 0 Å². The number of hydrogen-bond donors (Lipinski definition) is 0. The van der Waals surface area contributed by atoms with E-state index in [1.807, 2.05) is 6.08 Å². The van der Waals surface area contributed by atoms with Crippen LogP contribution in [0.2, 0.25) is 0 Å². The second-order valence-corrected chi connectivity index (χ2v) is 11.0. The third-order valence-corrected chi connectivity index (χ3v) is 8.41. The Kier molecular flexibility index (Phi) is 7.29. The van der Waals surface area contributed by atoms with E-state index in [0.717, 1.165) is 17.8 Å². The standard InChI is InChI=1S/C42H33N/c1-2-31(32-14-4-3-5-15-32)19-13-29-43(42-24-12-18-33-16-6-9-21-38(33)42)36-27-25-34(26-28-36)41-30-35-17-7-8-20-37(35)39-22-10-11-23-40(39)41/h2-18,20-31H,1,19H2/b29-13+. The van der Waals surface area contributed by atoms with Crippen LogP contribution in [0.4, 0.5) is 11.4 Å². The van der Waals surface area contributed by atoms with Gasteiger partial charge in [-0.3, -0.25) is 0 Å². The van der Waals surface area contributed by atoms with Crippen LogP contribution in [0, 0.1) is 0 Å². The summed E-state index contributed by atoms with van der Waals surface area (Å²) in [6.07, 6.45) is 7.41. The molecule has 7 aromatic carbocycles. The quantitative estimate of drug-likeness (QED) is 0.134. The Hall–Kier alpha value is -5.40. The molecule has 0 bridgehead atoms. The van der Waals surface area contributed by atoms with E-state index in [2.05, 4.69) is 175 Å². The topological polar surface area (TPSA) is 3.24 Å². The molecular formula is C42H33N. The molecule has 0 N–H and O–H groups in total.